The van der Waals surface area contributed by atoms with Crippen molar-refractivity contribution < 1.29 is 4.74 Å². The Balaban J connectivity index is 2.23. The quantitative estimate of drug-likeness (QED) is 0.472. The van der Waals surface area contributed by atoms with Crippen molar-refractivity contribution in [3.05, 3.63) is 40.1 Å². The molecule has 0 spiro atoms. The van der Waals surface area contributed by atoms with Crippen molar-refractivity contribution in [3.8, 4) is 0 Å². The van der Waals surface area contributed by atoms with Gasteiger partial charge in [0.25, 0.3) is 0 Å². The van der Waals surface area contributed by atoms with Gasteiger partial charge in [-0.3, -0.25) is 0 Å². The number of hydrogen-bond donors (Lipinski definition) is 2. The number of benzene rings is 1. The molecule has 1 aromatic carbocycles. The Kier molecular flexibility index (Phi) is 6.08. The Morgan fingerprint density at radius 1 is 1.24 bits per heavy atom. The Hall–Kier alpha value is -1.05. The minimum Gasteiger partial charge on any atom is -0.374 e. The van der Waals surface area contributed by atoms with Gasteiger partial charge in [0.2, 0.25) is 0 Å². The maximum Gasteiger partial charge on any atom is 0.157 e. The first-order chi connectivity index (χ1) is 10.1. The first kappa shape index (κ1) is 16.3. The van der Waals surface area contributed by atoms with Crippen LogP contribution in [-0.2, 0) is 11.3 Å². The van der Waals surface area contributed by atoms with Crippen LogP contribution in [0.3, 0.4) is 0 Å². The summed E-state index contributed by atoms with van der Waals surface area (Å²) in [5.74, 6) is 6.52. The van der Waals surface area contributed by atoms with E-state index in [0.29, 0.717) is 34.9 Å². The molecule has 2 rings (SSSR count). The number of hydrogen-bond acceptors (Lipinski definition) is 6. The SMILES string of the molecule is CCOCc1nc(NN)cc(Sc2ccc(Cl)c(Cl)c2)n1. The second-order valence-electron chi connectivity index (χ2n) is 3.97. The molecule has 0 aliphatic carbocycles. The van der Waals surface area contributed by atoms with Crippen LogP contribution in [-0.4, -0.2) is 16.6 Å². The molecule has 1 heterocycles. The lowest BCUT2D eigenvalue weighted by atomic mass is 10.4. The van der Waals surface area contributed by atoms with E-state index in [0.717, 1.165) is 9.92 Å². The molecule has 0 bridgehead atoms. The van der Waals surface area contributed by atoms with Gasteiger partial charge in [0.05, 0.1) is 10.0 Å². The van der Waals surface area contributed by atoms with Gasteiger partial charge in [-0.1, -0.05) is 35.0 Å². The molecule has 0 saturated heterocycles. The van der Waals surface area contributed by atoms with Crippen molar-refractivity contribution in [1.82, 2.24) is 9.97 Å². The summed E-state index contributed by atoms with van der Waals surface area (Å²) in [5, 5.41) is 1.76. The monoisotopic (exact) mass is 344 g/mol. The van der Waals surface area contributed by atoms with Gasteiger partial charge in [-0.2, -0.15) is 0 Å². The Labute approximate surface area is 137 Å². The lowest BCUT2D eigenvalue weighted by Crippen LogP contribution is -2.11. The fourth-order valence-corrected chi connectivity index (χ4v) is 2.76. The molecule has 8 heteroatoms. The molecule has 21 heavy (non-hydrogen) atoms. The first-order valence-electron chi connectivity index (χ1n) is 6.17. The molecule has 5 nitrogen and oxygen atoms in total. The summed E-state index contributed by atoms with van der Waals surface area (Å²) in [6.07, 6.45) is 0. The van der Waals surface area contributed by atoms with Gasteiger partial charge in [-0.15, -0.1) is 0 Å². The highest BCUT2D eigenvalue weighted by Gasteiger charge is 2.07. The molecule has 0 aliphatic heterocycles. The summed E-state index contributed by atoms with van der Waals surface area (Å²) in [6, 6.07) is 7.16. The van der Waals surface area contributed by atoms with E-state index in [4.69, 9.17) is 33.8 Å². The summed E-state index contributed by atoms with van der Waals surface area (Å²) in [5.41, 5.74) is 2.52. The van der Waals surface area contributed by atoms with Gasteiger partial charge in [0.1, 0.15) is 17.5 Å². The predicted molar refractivity (Wildman–Crippen MR) is 85.8 cm³/mol. The van der Waals surface area contributed by atoms with Crippen molar-refractivity contribution >= 4 is 40.8 Å². The first-order valence-corrected chi connectivity index (χ1v) is 7.75. The number of anilines is 1. The van der Waals surface area contributed by atoms with Crippen LogP contribution in [0.4, 0.5) is 5.82 Å². The summed E-state index contributed by atoms with van der Waals surface area (Å²) >= 11 is 13.4. The molecule has 0 radical (unpaired) electrons. The van der Waals surface area contributed by atoms with Crippen molar-refractivity contribution in [1.29, 1.82) is 0 Å². The number of halogens is 2. The number of nitrogens with zero attached hydrogens (tertiary/aromatic N) is 2. The molecule has 0 atom stereocenters. The number of hydrazine groups is 1. The van der Waals surface area contributed by atoms with Crippen molar-refractivity contribution in [2.45, 2.75) is 23.5 Å². The normalized spacial score (nSPS) is 10.7. The fourth-order valence-electron chi connectivity index (χ4n) is 1.52. The van der Waals surface area contributed by atoms with Crippen LogP contribution >= 0.6 is 35.0 Å². The topological polar surface area (TPSA) is 73.1 Å². The zero-order valence-electron chi connectivity index (χ0n) is 11.3. The highest BCUT2D eigenvalue weighted by molar-refractivity contribution is 7.99. The van der Waals surface area contributed by atoms with Gasteiger partial charge >= 0.3 is 0 Å². The van der Waals surface area contributed by atoms with Crippen molar-refractivity contribution in [2.75, 3.05) is 12.0 Å². The highest BCUT2D eigenvalue weighted by atomic mass is 35.5. The van der Waals surface area contributed by atoms with Gasteiger partial charge in [-0.05, 0) is 25.1 Å². The molecule has 0 unspecified atom stereocenters. The van der Waals surface area contributed by atoms with Gasteiger partial charge in [0, 0.05) is 17.6 Å². The standard InChI is InChI=1S/C13H14Cl2N4OS/c1-2-20-7-12-17-11(19-16)6-13(18-12)21-8-3-4-9(14)10(15)5-8/h3-6H,2,7,16H2,1H3,(H,17,18,19). The van der Waals surface area contributed by atoms with Gasteiger partial charge in [0.15, 0.2) is 5.82 Å². The summed E-state index contributed by atoms with van der Waals surface area (Å²) < 4.78 is 5.32. The summed E-state index contributed by atoms with van der Waals surface area (Å²) in [6.45, 7) is 2.84. The van der Waals surface area contributed by atoms with Crippen LogP contribution in [0.5, 0.6) is 0 Å². The molecule has 0 aliphatic rings. The van der Waals surface area contributed by atoms with Crippen LogP contribution in [0, 0.1) is 0 Å². The number of rotatable bonds is 6. The summed E-state index contributed by atoms with van der Waals surface area (Å²) in [4.78, 5) is 9.58. The largest absolute Gasteiger partial charge is 0.374 e. The number of ether oxygens (including phenoxy) is 1. The number of aromatic nitrogens is 2. The van der Waals surface area contributed by atoms with E-state index in [2.05, 4.69) is 15.4 Å². The zero-order valence-corrected chi connectivity index (χ0v) is 13.6. The van der Waals surface area contributed by atoms with E-state index >= 15 is 0 Å². The van der Waals surface area contributed by atoms with Gasteiger partial charge < -0.3 is 10.2 Å². The van der Waals surface area contributed by atoms with Crippen LogP contribution < -0.4 is 11.3 Å². The lowest BCUT2D eigenvalue weighted by molar-refractivity contribution is 0.128. The maximum atomic E-state index is 6.01. The maximum absolute atomic E-state index is 6.01. The average molecular weight is 345 g/mol. The molecule has 0 amide bonds. The van der Waals surface area contributed by atoms with E-state index in [-0.39, 0.29) is 0 Å². The molecular weight excluding hydrogens is 331 g/mol. The van der Waals surface area contributed by atoms with E-state index in [1.807, 2.05) is 13.0 Å². The smallest absolute Gasteiger partial charge is 0.157 e. The molecule has 1 aromatic heterocycles. The second kappa shape index (κ2) is 7.82. The summed E-state index contributed by atoms with van der Waals surface area (Å²) in [7, 11) is 0. The zero-order chi connectivity index (χ0) is 15.2. The third-order valence-electron chi connectivity index (χ3n) is 2.45. The van der Waals surface area contributed by atoms with Gasteiger partial charge in [-0.25, -0.2) is 15.8 Å². The molecular formula is C13H14Cl2N4OS. The van der Waals surface area contributed by atoms with E-state index in [1.54, 1.807) is 18.2 Å². The van der Waals surface area contributed by atoms with Crippen LogP contribution in [0.2, 0.25) is 10.0 Å². The third kappa shape index (κ3) is 4.72. The minimum absolute atomic E-state index is 0.334. The number of nitrogens with one attached hydrogen (secondary N) is 1. The van der Waals surface area contributed by atoms with E-state index in [9.17, 15) is 0 Å². The average Bonchev–Trinajstić information content (AvgIpc) is 2.48. The third-order valence-corrected chi connectivity index (χ3v) is 4.09. The molecule has 2 aromatic rings. The Bertz CT molecular complexity index is 627. The van der Waals surface area contributed by atoms with Crippen molar-refractivity contribution in [2.24, 2.45) is 5.84 Å². The fraction of sp³-hybridized carbons (Fsp3) is 0.231. The number of nitrogen functional groups attached to an aromatic ring is 1. The van der Waals surface area contributed by atoms with Crippen LogP contribution in [0.25, 0.3) is 0 Å². The van der Waals surface area contributed by atoms with E-state index < -0.39 is 0 Å². The number of nitrogens with two attached hydrogens (primary N) is 1. The Morgan fingerprint density at radius 3 is 2.71 bits per heavy atom. The van der Waals surface area contributed by atoms with E-state index in [1.165, 1.54) is 11.8 Å². The predicted octanol–water partition coefficient (Wildman–Crippen LogP) is 3.76. The molecule has 0 fully saturated rings. The lowest BCUT2D eigenvalue weighted by Gasteiger charge is -2.08. The minimum atomic E-state index is 0.334. The van der Waals surface area contributed by atoms with Crippen molar-refractivity contribution in [3.63, 3.8) is 0 Å². The highest BCUT2D eigenvalue weighted by Crippen LogP contribution is 2.32. The van der Waals surface area contributed by atoms with Crippen LogP contribution in [0.15, 0.2) is 34.2 Å². The molecule has 3 N–H and O–H groups in total. The van der Waals surface area contributed by atoms with Crippen LogP contribution in [0.1, 0.15) is 12.7 Å². The second-order valence-corrected chi connectivity index (χ2v) is 5.88. The molecule has 112 valence electrons. The Morgan fingerprint density at radius 2 is 2.05 bits per heavy atom. The molecule has 0 saturated carbocycles.